The lowest BCUT2D eigenvalue weighted by atomic mass is 9.90. The predicted octanol–water partition coefficient (Wildman–Crippen LogP) is 2.45. The summed E-state index contributed by atoms with van der Waals surface area (Å²) in [6.45, 7) is 8.80. The van der Waals surface area contributed by atoms with Gasteiger partial charge in [-0.1, -0.05) is 56.3 Å². The van der Waals surface area contributed by atoms with Gasteiger partial charge in [-0.05, 0) is 30.7 Å². The highest BCUT2D eigenvalue weighted by atomic mass is 16.5. The number of carbonyl (C=O) groups excluding carboxylic acids is 1. The Bertz CT molecular complexity index is 710. The Morgan fingerprint density at radius 1 is 1.23 bits per heavy atom. The quantitative estimate of drug-likeness (QED) is 0.865. The zero-order valence-corrected chi connectivity index (χ0v) is 16.0. The van der Waals surface area contributed by atoms with Gasteiger partial charge in [-0.25, -0.2) is 0 Å². The fraction of sp³-hybridized carbons (Fsp3) is 0.524. The van der Waals surface area contributed by atoms with Gasteiger partial charge < -0.3 is 9.42 Å². The second-order valence-electron chi connectivity index (χ2n) is 8.43. The largest absolute Gasteiger partial charge is 0.338 e. The number of nitrogens with one attached hydrogen (secondary N) is 2. The molecule has 0 spiro atoms. The summed E-state index contributed by atoms with van der Waals surface area (Å²) in [7, 11) is 0. The van der Waals surface area contributed by atoms with Crippen molar-refractivity contribution in [3.63, 3.8) is 0 Å². The Kier molecular flexibility index (Phi) is 5.77. The third-order valence-corrected chi connectivity index (χ3v) is 5.13. The van der Waals surface area contributed by atoms with Gasteiger partial charge in [0, 0.05) is 11.5 Å². The van der Waals surface area contributed by atoms with Crippen LogP contribution in [-0.2, 0) is 16.6 Å². The molecule has 5 nitrogen and oxygen atoms in total. The molecule has 26 heavy (non-hydrogen) atoms. The molecule has 1 aliphatic rings. The van der Waals surface area contributed by atoms with Gasteiger partial charge >= 0.3 is 0 Å². The molecule has 140 valence electrons. The molecule has 0 saturated carbocycles. The Morgan fingerprint density at radius 2 is 1.92 bits per heavy atom. The SMILES string of the molecule is CC(C)(C)c1cc(NC(=O)C[NH+]2CCC(Cc3ccccc3)CC2)on1. The average molecular weight is 356 g/mol. The molecule has 1 aromatic carbocycles. The maximum Gasteiger partial charge on any atom is 0.281 e. The van der Waals surface area contributed by atoms with Crippen LogP contribution in [0.1, 0.15) is 44.9 Å². The minimum Gasteiger partial charge on any atom is -0.338 e. The Morgan fingerprint density at radius 3 is 2.54 bits per heavy atom. The molecule has 1 fully saturated rings. The molecule has 2 heterocycles. The summed E-state index contributed by atoms with van der Waals surface area (Å²) < 4.78 is 5.24. The van der Waals surface area contributed by atoms with Gasteiger partial charge in [0.1, 0.15) is 0 Å². The number of piperidine rings is 1. The van der Waals surface area contributed by atoms with Crippen molar-refractivity contribution >= 4 is 11.8 Å². The molecule has 3 rings (SSSR count). The average Bonchev–Trinajstić information content (AvgIpc) is 3.06. The van der Waals surface area contributed by atoms with Crippen LogP contribution in [0, 0.1) is 5.92 Å². The molecule has 0 unspecified atom stereocenters. The first kappa shape index (κ1) is 18.6. The fourth-order valence-electron chi connectivity index (χ4n) is 3.51. The van der Waals surface area contributed by atoms with E-state index in [1.807, 2.05) is 6.07 Å². The van der Waals surface area contributed by atoms with Crippen LogP contribution in [0.4, 0.5) is 5.88 Å². The van der Waals surface area contributed by atoms with Crippen LogP contribution in [0.25, 0.3) is 0 Å². The molecular weight excluding hydrogens is 326 g/mol. The molecular formula is C21H30N3O2+. The van der Waals surface area contributed by atoms with E-state index in [2.05, 4.69) is 61.6 Å². The monoisotopic (exact) mass is 356 g/mol. The number of anilines is 1. The Labute approximate surface area is 155 Å². The zero-order valence-electron chi connectivity index (χ0n) is 16.0. The van der Waals surface area contributed by atoms with Crippen LogP contribution in [0.3, 0.4) is 0 Å². The van der Waals surface area contributed by atoms with Crippen molar-refractivity contribution in [3.05, 3.63) is 47.7 Å². The lowest BCUT2D eigenvalue weighted by Crippen LogP contribution is -3.14. The number of carbonyl (C=O) groups is 1. The summed E-state index contributed by atoms with van der Waals surface area (Å²) >= 11 is 0. The van der Waals surface area contributed by atoms with Crippen LogP contribution < -0.4 is 10.2 Å². The van der Waals surface area contributed by atoms with E-state index in [-0.39, 0.29) is 11.3 Å². The number of hydrogen-bond donors (Lipinski definition) is 2. The van der Waals surface area contributed by atoms with Crippen LogP contribution in [-0.4, -0.2) is 30.7 Å². The molecule has 0 atom stereocenters. The maximum absolute atomic E-state index is 12.3. The lowest BCUT2D eigenvalue weighted by molar-refractivity contribution is -0.898. The van der Waals surface area contributed by atoms with E-state index >= 15 is 0 Å². The third-order valence-electron chi connectivity index (χ3n) is 5.13. The summed E-state index contributed by atoms with van der Waals surface area (Å²) in [4.78, 5) is 13.6. The van der Waals surface area contributed by atoms with Gasteiger partial charge in [0.25, 0.3) is 5.91 Å². The normalized spacial score (nSPS) is 20.7. The van der Waals surface area contributed by atoms with Gasteiger partial charge in [-0.2, -0.15) is 0 Å². The second-order valence-corrected chi connectivity index (χ2v) is 8.43. The maximum atomic E-state index is 12.3. The first-order chi connectivity index (χ1) is 12.4. The molecule has 1 saturated heterocycles. The van der Waals surface area contributed by atoms with Crippen molar-refractivity contribution in [2.24, 2.45) is 5.92 Å². The van der Waals surface area contributed by atoms with Crippen LogP contribution >= 0.6 is 0 Å². The Hall–Kier alpha value is -2.14. The number of nitrogens with zero attached hydrogens (tertiary/aromatic N) is 1. The van der Waals surface area contributed by atoms with Crippen LogP contribution in [0.2, 0.25) is 0 Å². The highest BCUT2D eigenvalue weighted by Gasteiger charge is 2.25. The topological polar surface area (TPSA) is 59.6 Å². The van der Waals surface area contributed by atoms with Gasteiger partial charge in [-0.3, -0.25) is 10.1 Å². The molecule has 2 N–H and O–H groups in total. The fourth-order valence-corrected chi connectivity index (χ4v) is 3.51. The number of benzene rings is 1. The smallest absolute Gasteiger partial charge is 0.281 e. The summed E-state index contributed by atoms with van der Waals surface area (Å²) in [5.41, 5.74) is 2.18. The van der Waals surface area contributed by atoms with Crippen LogP contribution in [0.5, 0.6) is 0 Å². The van der Waals surface area contributed by atoms with Gasteiger partial charge in [0.15, 0.2) is 6.54 Å². The van der Waals surface area contributed by atoms with Crippen molar-refractivity contribution in [3.8, 4) is 0 Å². The lowest BCUT2D eigenvalue weighted by Gasteiger charge is -2.28. The molecule has 1 aliphatic heterocycles. The van der Waals surface area contributed by atoms with E-state index in [0.29, 0.717) is 12.4 Å². The highest BCUT2D eigenvalue weighted by molar-refractivity contribution is 5.90. The second kappa shape index (κ2) is 8.04. The van der Waals surface area contributed by atoms with E-state index in [1.54, 1.807) is 0 Å². The van der Waals surface area contributed by atoms with Gasteiger partial charge in [-0.15, -0.1) is 0 Å². The number of aromatic nitrogens is 1. The minimum atomic E-state index is -0.0850. The first-order valence-electron chi connectivity index (χ1n) is 9.54. The van der Waals surface area contributed by atoms with E-state index in [0.717, 1.165) is 31.1 Å². The van der Waals surface area contributed by atoms with Gasteiger partial charge in [0.2, 0.25) is 5.88 Å². The van der Waals surface area contributed by atoms with E-state index in [4.69, 9.17) is 4.52 Å². The van der Waals surface area contributed by atoms with Crippen molar-refractivity contribution in [1.82, 2.24) is 5.16 Å². The molecule has 0 aliphatic carbocycles. The zero-order chi connectivity index (χ0) is 18.6. The molecule has 5 heteroatoms. The van der Waals surface area contributed by atoms with Gasteiger partial charge in [0.05, 0.1) is 18.8 Å². The van der Waals surface area contributed by atoms with Crippen molar-refractivity contribution < 1.29 is 14.2 Å². The highest BCUT2D eigenvalue weighted by Crippen LogP contribution is 2.23. The summed E-state index contributed by atoms with van der Waals surface area (Å²) in [6.07, 6.45) is 3.50. The molecule has 1 aromatic heterocycles. The number of quaternary nitrogens is 1. The predicted molar refractivity (Wildman–Crippen MR) is 102 cm³/mol. The standard InChI is InChI=1S/C21H29N3O2/c1-21(2,3)18-14-20(26-23-18)22-19(25)15-24-11-9-17(10-12-24)13-16-7-5-4-6-8-16/h4-8,14,17H,9-13,15H2,1-3H3,(H,22,25)/p+1. The molecule has 1 amide bonds. The summed E-state index contributed by atoms with van der Waals surface area (Å²) in [5, 5.41) is 6.88. The number of rotatable bonds is 5. The number of likely N-dealkylation sites (tertiary alicyclic amines) is 1. The first-order valence-corrected chi connectivity index (χ1v) is 9.54. The van der Waals surface area contributed by atoms with E-state index in [9.17, 15) is 4.79 Å². The Balaban J connectivity index is 1.42. The van der Waals surface area contributed by atoms with E-state index in [1.165, 1.54) is 23.3 Å². The minimum absolute atomic E-state index is 0.00174. The van der Waals surface area contributed by atoms with Crippen molar-refractivity contribution in [2.45, 2.75) is 45.4 Å². The molecule has 0 bridgehead atoms. The van der Waals surface area contributed by atoms with Crippen LogP contribution in [0.15, 0.2) is 40.9 Å². The molecule has 2 aromatic rings. The molecule has 0 radical (unpaired) electrons. The third kappa shape index (κ3) is 5.18. The number of amides is 1. The number of hydrogen-bond acceptors (Lipinski definition) is 3. The van der Waals surface area contributed by atoms with E-state index < -0.39 is 0 Å². The van der Waals surface area contributed by atoms with Crippen molar-refractivity contribution in [2.75, 3.05) is 25.0 Å². The summed E-state index contributed by atoms with van der Waals surface area (Å²) in [5.74, 6) is 1.17. The summed E-state index contributed by atoms with van der Waals surface area (Å²) in [6, 6.07) is 12.5. The van der Waals surface area contributed by atoms with Crippen molar-refractivity contribution in [1.29, 1.82) is 0 Å².